The zero-order valence-electron chi connectivity index (χ0n) is 13.2. The van der Waals surface area contributed by atoms with Crippen molar-refractivity contribution in [3.05, 3.63) is 71.8 Å². The molecule has 1 aliphatic rings. The van der Waals surface area contributed by atoms with Gasteiger partial charge in [0.25, 0.3) is 0 Å². The lowest BCUT2D eigenvalue weighted by molar-refractivity contribution is 0.0262. The van der Waals surface area contributed by atoms with Crippen LogP contribution >= 0.6 is 0 Å². The molecule has 0 unspecified atom stereocenters. The second kappa shape index (κ2) is 7.08. The van der Waals surface area contributed by atoms with Crippen molar-refractivity contribution in [1.82, 2.24) is 5.32 Å². The summed E-state index contributed by atoms with van der Waals surface area (Å²) in [6.07, 6.45) is 2.69. The van der Waals surface area contributed by atoms with Gasteiger partial charge < -0.3 is 10.4 Å². The molecule has 1 fully saturated rings. The third-order valence-corrected chi connectivity index (χ3v) is 4.76. The topological polar surface area (TPSA) is 32.3 Å². The monoisotopic (exact) mass is 295 g/mol. The molecule has 0 aliphatic carbocycles. The summed E-state index contributed by atoms with van der Waals surface area (Å²) in [5, 5.41) is 14.5. The van der Waals surface area contributed by atoms with Crippen molar-refractivity contribution in [2.24, 2.45) is 5.92 Å². The van der Waals surface area contributed by atoms with Crippen LogP contribution in [0.4, 0.5) is 0 Å². The molecule has 2 aromatic carbocycles. The lowest BCUT2D eigenvalue weighted by Crippen LogP contribution is -2.44. The minimum Gasteiger partial charge on any atom is -0.393 e. The minimum atomic E-state index is -0.253. The first-order chi connectivity index (χ1) is 10.8. The number of aliphatic hydroxyl groups excluding tert-OH is 1. The Balaban J connectivity index is 1.88. The van der Waals surface area contributed by atoms with E-state index in [1.54, 1.807) is 0 Å². The van der Waals surface area contributed by atoms with Crippen molar-refractivity contribution < 1.29 is 5.11 Å². The summed E-state index contributed by atoms with van der Waals surface area (Å²) < 4.78 is 0. The molecule has 0 saturated carbocycles. The van der Waals surface area contributed by atoms with Gasteiger partial charge in [-0.1, -0.05) is 74.0 Å². The molecule has 1 aliphatic heterocycles. The maximum absolute atomic E-state index is 10.7. The second-order valence-electron chi connectivity index (χ2n) is 6.27. The minimum absolute atomic E-state index is 0.217. The average Bonchev–Trinajstić information content (AvgIpc) is 2.58. The predicted molar refractivity (Wildman–Crippen MR) is 90.5 cm³/mol. The van der Waals surface area contributed by atoms with Gasteiger partial charge in [-0.3, -0.25) is 0 Å². The molecular formula is C20H25NO. The van der Waals surface area contributed by atoms with Crippen LogP contribution in [0.3, 0.4) is 0 Å². The fourth-order valence-electron chi connectivity index (χ4n) is 3.66. The van der Waals surface area contributed by atoms with Crippen molar-refractivity contribution in [1.29, 1.82) is 0 Å². The maximum atomic E-state index is 10.7. The van der Waals surface area contributed by atoms with E-state index < -0.39 is 0 Å². The summed E-state index contributed by atoms with van der Waals surface area (Å²) in [5.74, 6) is 0.285. The normalized spacial score (nSPS) is 28.5. The third kappa shape index (κ3) is 3.23. The fourth-order valence-corrected chi connectivity index (χ4v) is 3.66. The van der Waals surface area contributed by atoms with Crippen LogP contribution in [0, 0.1) is 5.92 Å². The quantitative estimate of drug-likeness (QED) is 0.884. The molecular weight excluding hydrogens is 270 g/mol. The molecule has 2 heteroatoms. The van der Waals surface area contributed by atoms with Crippen LogP contribution in [-0.2, 0) is 0 Å². The Morgan fingerprint density at radius 3 is 2.14 bits per heavy atom. The predicted octanol–water partition coefficient (Wildman–Crippen LogP) is 4.24. The van der Waals surface area contributed by atoms with Gasteiger partial charge in [-0.05, 0) is 24.0 Å². The number of rotatable bonds is 4. The first kappa shape index (κ1) is 15.3. The number of nitrogens with one attached hydrogen (secondary N) is 1. The molecule has 116 valence electrons. The Kier molecular flexibility index (Phi) is 4.91. The van der Waals surface area contributed by atoms with E-state index in [0.717, 1.165) is 19.3 Å². The van der Waals surface area contributed by atoms with Crippen molar-refractivity contribution in [3.63, 3.8) is 0 Å². The molecule has 0 aromatic heterocycles. The summed E-state index contributed by atoms with van der Waals surface area (Å²) in [6.45, 7) is 2.19. The average molecular weight is 295 g/mol. The molecule has 2 N–H and O–H groups in total. The molecule has 2 nitrogen and oxygen atoms in total. The lowest BCUT2D eigenvalue weighted by Gasteiger charge is -2.41. The second-order valence-corrected chi connectivity index (χ2v) is 6.27. The van der Waals surface area contributed by atoms with Crippen LogP contribution < -0.4 is 5.32 Å². The fraction of sp³-hybridized carbons (Fsp3) is 0.400. The SMILES string of the molecule is CCC[C@H]1[C@H](O)C[C@@H](c2ccccc2)N[C@@H]1c1ccccc1. The van der Waals surface area contributed by atoms with Gasteiger partial charge in [0.2, 0.25) is 0 Å². The molecule has 0 bridgehead atoms. The highest BCUT2D eigenvalue weighted by Crippen LogP contribution is 2.39. The van der Waals surface area contributed by atoms with Crippen molar-refractivity contribution in [2.45, 2.75) is 44.4 Å². The van der Waals surface area contributed by atoms with E-state index in [4.69, 9.17) is 0 Å². The molecule has 1 heterocycles. The summed E-state index contributed by atoms with van der Waals surface area (Å²) in [7, 11) is 0. The summed E-state index contributed by atoms with van der Waals surface area (Å²) in [6, 6.07) is 21.4. The molecule has 1 saturated heterocycles. The first-order valence-electron chi connectivity index (χ1n) is 8.33. The van der Waals surface area contributed by atoms with E-state index in [1.165, 1.54) is 11.1 Å². The van der Waals surface area contributed by atoms with Crippen LogP contribution in [0.15, 0.2) is 60.7 Å². The smallest absolute Gasteiger partial charge is 0.0604 e. The Bertz CT molecular complexity index is 569. The number of piperidine rings is 1. The number of hydrogen-bond donors (Lipinski definition) is 2. The largest absolute Gasteiger partial charge is 0.393 e. The molecule has 0 spiro atoms. The van der Waals surface area contributed by atoms with E-state index >= 15 is 0 Å². The Morgan fingerprint density at radius 1 is 0.955 bits per heavy atom. The highest BCUT2D eigenvalue weighted by molar-refractivity contribution is 5.25. The molecule has 2 aromatic rings. The first-order valence-corrected chi connectivity index (χ1v) is 8.33. The van der Waals surface area contributed by atoms with Gasteiger partial charge in [0.15, 0.2) is 0 Å². The zero-order valence-corrected chi connectivity index (χ0v) is 13.2. The van der Waals surface area contributed by atoms with E-state index in [0.29, 0.717) is 0 Å². The van der Waals surface area contributed by atoms with E-state index in [2.05, 4.69) is 60.8 Å². The Hall–Kier alpha value is -1.64. The molecule has 0 radical (unpaired) electrons. The van der Waals surface area contributed by atoms with Crippen LogP contribution in [0.5, 0.6) is 0 Å². The van der Waals surface area contributed by atoms with Crippen molar-refractivity contribution in [3.8, 4) is 0 Å². The van der Waals surface area contributed by atoms with Crippen molar-refractivity contribution >= 4 is 0 Å². The zero-order chi connectivity index (χ0) is 15.4. The summed E-state index contributed by atoms with van der Waals surface area (Å²) in [4.78, 5) is 0. The van der Waals surface area contributed by atoms with Gasteiger partial charge in [0.1, 0.15) is 0 Å². The van der Waals surface area contributed by atoms with Gasteiger partial charge >= 0.3 is 0 Å². The van der Waals surface area contributed by atoms with Gasteiger partial charge in [-0.2, -0.15) is 0 Å². The van der Waals surface area contributed by atoms with Crippen molar-refractivity contribution in [2.75, 3.05) is 0 Å². The van der Waals surface area contributed by atoms with Crippen LogP contribution in [0.2, 0.25) is 0 Å². The van der Waals surface area contributed by atoms with Gasteiger partial charge in [0, 0.05) is 18.0 Å². The number of hydrogen-bond acceptors (Lipinski definition) is 2. The van der Waals surface area contributed by atoms with E-state index in [-0.39, 0.29) is 24.1 Å². The highest BCUT2D eigenvalue weighted by Gasteiger charge is 2.37. The summed E-state index contributed by atoms with van der Waals surface area (Å²) in [5.41, 5.74) is 2.54. The molecule has 3 rings (SSSR count). The highest BCUT2D eigenvalue weighted by atomic mass is 16.3. The maximum Gasteiger partial charge on any atom is 0.0604 e. The van der Waals surface area contributed by atoms with Crippen LogP contribution in [0.1, 0.15) is 49.4 Å². The standard InChI is InChI=1S/C20H25NO/c1-2-9-17-19(22)14-18(15-10-5-3-6-11-15)21-20(17)16-12-7-4-8-13-16/h3-8,10-13,17-22H,2,9,14H2,1H3/t17-,18-,19+,20+/m0/s1. The van der Waals surface area contributed by atoms with E-state index in [1.807, 2.05) is 12.1 Å². The Labute approximate surface area is 133 Å². The van der Waals surface area contributed by atoms with Crippen LogP contribution in [-0.4, -0.2) is 11.2 Å². The van der Waals surface area contributed by atoms with Gasteiger partial charge in [0.05, 0.1) is 6.10 Å². The molecule has 4 atom stereocenters. The number of aliphatic hydroxyl groups is 1. The lowest BCUT2D eigenvalue weighted by atomic mass is 9.78. The van der Waals surface area contributed by atoms with E-state index in [9.17, 15) is 5.11 Å². The Morgan fingerprint density at radius 2 is 1.55 bits per heavy atom. The number of benzene rings is 2. The molecule has 22 heavy (non-hydrogen) atoms. The third-order valence-electron chi connectivity index (χ3n) is 4.76. The molecule has 0 amide bonds. The van der Waals surface area contributed by atoms with Gasteiger partial charge in [-0.15, -0.1) is 0 Å². The van der Waals surface area contributed by atoms with Gasteiger partial charge in [-0.25, -0.2) is 0 Å². The summed E-state index contributed by atoms with van der Waals surface area (Å²) >= 11 is 0. The van der Waals surface area contributed by atoms with Crippen LogP contribution in [0.25, 0.3) is 0 Å².